The van der Waals surface area contributed by atoms with Gasteiger partial charge in [0.2, 0.25) is 0 Å². The number of nitrogens with two attached hydrogens (primary N) is 1. The third-order valence-corrected chi connectivity index (χ3v) is 3.79. The largest absolute Gasteiger partial charge is 0.324 e. The molecular weight excluding hydrogens is 226 g/mol. The summed E-state index contributed by atoms with van der Waals surface area (Å²) < 4.78 is 0. The van der Waals surface area contributed by atoms with Gasteiger partial charge in [0.05, 0.1) is 0 Å². The molecule has 0 saturated carbocycles. The van der Waals surface area contributed by atoms with Gasteiger partial charge in [0.25, 0.3) is 0 Å². The molecule has 1 heterocycles. The van der Waals surface area contributed by atoms with Gasteiger partial charge in [-0.05, 0) is 36.8 Å². The molecule has 1 atom stereocenters. The first kappa shape index (κ1) is 10.7. The second-order valence-electron chi connectivity index (χ2n) is 3.50. The predicted octanol–water partition coefficient (Wildman–Crippen LogP) is 4.09. The molecule has 0 radical (unpaired) electrons. The van der Waals surface area contributed by atoms with E-state index in [9.17, 15) is 0 Å². The third kappa shape index (κ3) is 2.40. The van der Waals surface area contributed by atoms with Crippen LogP contribution in [0.5, 0.6) is 0 Å². The van der Waals surface area contributed by atoms with E-state index in [-0.39, 0.29) is 6.04 Å². The Labute approximate surface area is 98.5 Å². The summed E-state index contributed by atoms with van der Waals surface area (Å²) in [5.74, 6) is 0. The van der Waals surface area contributed by atoms with Gasteiger partial charge in [0, 0.05) is 20.8 Å². The molecule has 0 aliphatic heterocycles. The maximum Gasteiger partial charge on any atom is 0.0406 e. The molecule has 2 rings (SSSR count). The zero-order valence-electron chi connectivity index (χ0n) is 8.41. The van der Waals surface area contributed by atoms with Crippen molar-refractivity contribution < 1.29 is 0 Å². The predicted molar refractivity (Wildman–Crippen MR) is 67.4 cm³/mol. The van der Waals surface area contributed by atoms with Crippen LogP contribution in [-0.4, -0.2) is 0 Å². The van der Waals surface area contributed by atoms with E-state index in [2.05, 4.69) is 12.1 Å². The van der Waals surface area contributed by atoms with Crippen molar-refractivity contribution in [3.63, 3.8) is 0 Å². The molecule has 2 N–H and O–H groups in total. The van der Waals surface area contributed by atoms with Gasteiger partial charge < -0.3 is 5.73 Å². The third-order valence-electron chi connectivity index (χ3n) is 2.20. The van der Waals surface area contributed by atoms with E-state index in [1.165, 1.54) is 15.3 Å². The quantitative estimate of drug-likeness (QED) is 0.837. The highest BCUT2D eigenvalue weighted by molar-refractivity contribution is 7.15. The van der Waals surface area contributed by atoms with Crippen LogP contribution in [0.15, 0.2) is 36.4 Å². The van der Waals surface area contributed by atoms with Gasteiger partial charge in [-0.1, -0.05) is 23.7 Å². The summed E-state index contributed by atoms with van der Waals surface area (Å²) in [5.41, 5.74) is 7.01. The normalized spacial score (nSPS) is 12.7. The van der Waals surface area contributed by atoms with Gasteiger partial charge in [-0.3, -0.25) is 0 Å². The smallest absolute Gasteiger partial charge is 0.0406 e. The lowest BCUT2D eigenvalue weighted by atomic mass is 10.2. The zero-order chi connectivity index (χ0) is 10.8. The first-order chi connectivity index (χ1) is 7.16. The molecular formula is C12H12ClNS. The Morgan fingerprint density at radius 1 is 1.13 bits per heavy atom. The van der Waals surface area contributed by atoms with E-state index in [1.54, 1.807) is 11.3 Å². The highest BCUT2D eigenvalue weighted by atomic mass is 35.5. The van der Waals surface area contributed by atoms with Gasteiger partial charge in [-0.25, -0.2) is 0 Å². The SMILES string of the molecule is C[C@@H](N)c1ccc(-c2ccc(Cl)cc2)s1. The van der Waals surface area contributed by atoms with E-state index in [0.29, 0.717) is 0 Å². The lowest BCUT2D eigenvalue weighted by Crippen LogP contribution is -2.01. The van der Waals surface area contributed by atoms with E-state index in [4.69, 9.17) is 17.3 Å². The summed E-state index contributed by atoms with van der Waals surface area (Å²) in [7, 11) is 0. The van der Waals surface area contributed by atoms with Crippen LogP contribution in [-0.2, 0) is 0 Å². The molecule has 1 aromatic carbocycles. The summed E-state index contributed by atoms with van der Waals surface area (Å²) in [6, 6.07) is 12.2. The molecule has 0 spiro atoms. The number of halogens is 1. The second-order valence-corrected chi connectivity index (χ2v) is 5.05. The molecule has 0 unspecified atom stereocenters. The van der Waals surface area contributed by atoms with Crippen molar-refractivity contribution in [2.75, 3.05) is 0 Å². The minimum absolute atomic E-state index is 0.107. The molecule has 0 fully saturated rings. The minimum atomic E-state index is 0.107. The van der Waals surface area contributed by atoms with Crippen molar-refractivity contribution in [3.8, 4) is 10.4 Å². The average Bonchev–Trinajstić information content (AvgIpc) is 2.68. The van der Waals surface area contributed by atoms with Crippen molar-refractivity contribution >= 4 is 22.9 Å². The summed E-state index contributed by atoms with van der Waals surface area (Å²) in [4.78, 5) is 2.44. The number of thiophene rings is 1. The maximum absolute atomic E-state index is 5.84. The number of rotatable bonds is 2. The Kier molecular flexibility index (Phi) is 3.10. The summed E-state index contributed by atoms with van der Waals surface area (Å²) in [5, 5.41) is 0.766. The Balaban J connectivity index is 2.33. The van der Waals surface area contributed by atoms with Crippen LogP contribution in [0, 0.1) is 0 Å². The van der Waals surface area contributed by atoms with Crippen molar-refractivity contribution in [1.82, 2.24) is 0 Å². The Hall–Kier alpha value is -0.830. The first-order valence-corrected chi connectivity index (χ1v) is 5.97. The molecule has 0 aliphatic carbocycles. The number of hydrogen-bond donors (Lipinski definition) is 1. The van der Waals surface area contributed by atoms with Gasteiger partial charge in [-0.15, -0.1) is 11.3 Å². The van der Waals surface area contributed by atoms with Crippen molar-refractivity contribution in [1.29, 1.82) is 0 Å². The Morgan fingerprint density at radius 2 is 1.80 bits per heavy atom. The first-order valence-electron chi connectivity index (χ1n) is 4.78. The zero-order valence-corrected chi connectivity index (χ0v) is 9.98. The molecule has 0 bridgehead atoms. The summed E-state index contributed by atoms with van der Waals surface area (Å²) in [6.45, 7) is 2.00. The van der Waals surface area contributed by atoms with Crippen LogP contribution >= 0.6 is 22.9 Å². The van der Waals surface area contributed by atoms with Crippen LogP contribution in [0.3, 0.4) is 0 Å². The van der Waals surface area contributed by atoms with Gasteiger partial charge in [-0.2, -0.15) is 0 Å². The van der Waals surface area contributed by atoms with E-state index in [1.807, 2.05) is 31.2 Å². The monoisotopic (exact) mass is 237 g/mol. The van der Waals surface area contributed by atoms with E-state index < -0.39 is 0 Å². The summed E-state index contributed by atoms with van der Waals surface area (Å²) in [6.07, 6.45) is 0. The van der Waals surface area contributed by atoms with Crippen LogP contribution in [0.1, 0.15) is 17.8 Å². The number of benzene rings is 1. The van der Waals surface area contributed by atoms with Crippen molar-refractivity contribution in [2.45, 2.75) is 13.0 Å². The highest BCUT2D eigenvalue weighted by Gasteiger charge is 2.05. The van der Waals surface area contributed by atoms with Crippen LogP contribution in [0.2, 0.25) is 5.02 Å². The van der Waals surface area contributed by atoms with Gasteiger partial charge in [0.15, 0.2) is 0 Å². The Bertz CT molecular complexity index is 445. The van der Waals surface area contributed by atoms with Crippen molar-refractivity contribution in [3.05, 3.63) is 46.3 Å². The van der Waals surface area contributed by atoms with Crippen LogP contribution in [0.4, 0.5) is 0 Å². The summed E-state index contributed by atoms with van der Waals surface area (Å²) >= 11 is 7.57. The fourth-order valence-electron chi connectivity index (χ4n) is 1.37. The molecule has 0 amide bonds. The molecule has 2 aromatic rings. The molecule has 15 heavy (non-hydrogen) atoms. The lowest BCUT2D eigenvalue weighted by Gasteiger charge is -1.99. The second kappa shape index (κ2) is 4.35. The van der Waals surface area contributed by atoms with E-state index in [0.717, 1.165) is 5.02 Å². The fourth-order valence-corrected chi connectivity index (χ4v) is 2.46. The van der Waals surface area contributed by atoms with E-state index >= 15 is 0 Å². The van der Waals surface area contributed by atoms with Gasteiger partial charge in [0.1, 0.15) is 0 Å². The standard InChI is InChI=1S/C12H12ClNS/c1-8(14)11-6-7-12(15-11)9-2-4-10(13)5-3-9/h2-8H,14H2,1H3/t8-/m1/s1. The average molecular weight is 238 g/mol. The fraction of sp³-hybridized carbons (Fsp3) is 0.167. The Morgan fingerprint density at radius 3 is 2.33 bits per heavy atom. The molecule has 0 saturated heterocycles. The molecule has 1 aromatic heterocycles. The highest BCUT2D eigenvalue weighted by Crippen LogP contribution is 2.31. The topological polar surface area (TPSA) is 26.0 Å². The molecule has 3 heteroatoms. The molecule has 1 nitrogen and oxygen atoms in total. The lowest BCUT2D eigenvalue weighted by molar-refractivity contribution is 0.838. The number of hydrogen-bond acceptors (Lipinski definition) is 2. The minimum Gasteiger partial charge on any atom is -0.324 e. The van der Waals surface area contributed by atoms with Crippen LogP contribution in [0.25, 0.3) is 10.4 Å². The van der Waals surface area contributed by atoms with Crippen molar-refractivity contribution in [2.24, 2.45) is 5.73 Å². The van der Waals surface area contributed by atoms with Crippen LogP contribution < -0.4 is 5.73 Å². The maximum atomic E-state index is 5.84. The molecule has 0 aliphatic rings. The molecule has 78 valence electrons. The van der Waals surface area contributed by atoms with Gasteiger partial charge >= 0.3 is 0 Å².